The summed E-state index contributed by atoms with van der Waals surface area (Å²) in [4.78, 5) is 24.5. The number of aromatic nitrogens is 2. The smallest absolute Gasteiger partial charge is 0.328 e. The van der Waals surface area contributed by atoms with E-state index in [2.05, 4.69) is 18.8 Å². The van der Waals surface area contributed by atoms with Gasteiger partial charge < -0.3 is 4.74 Å². The molecule has 1 N–H and O–H groups in total. The van der Waals surface area contributed by atoms with E-state index in [-0.39, 0.29) is 5.02 Å². The molecule has 0 aromatic carbocycles. The van der Waals surface area contributed by atoms with Gasteiger partial charge in [0.25, 0.3) is 5.56 Å². The second-order valence-electron chi connectivity index (χ2n) is 4.22. The van der Waals surface area contributed by atoms with Gasteiger partial charge in [0.05, 0.1) is 13.2 Å². The first kappa shape index (κ1) is 14.0. The van der Waals surface area contributed by atoms with Crippen LogP contribution in [0.4, 0.5) is 0 Å². The molecule has 0 aliphatic rings. The Labute approximate surface area is 104 Å². The molecule has 0 aliphatic carbocycles. The number of halogens is 1. The van der Waals surface area contributed by atoms with Crippen molar-refractivity contribution < 1.29 is 4.74 Å². The lowest BCUT2D eigenvalue weighted by Crippen LogP contribution is -2.30. The fourth-order valence-corrected chi connectivity index (χ4v) is 1.40. The highest BCUT2D eigenvalue weighted by atomic mass is 35.5. The minimum absolute atomic E-state index is 0.00628. The maximum absolute atomic E-state index is 11.4. The first-order chi connectivity index (χ1) is 8.00. The predicted octanol–water partition coefficient (Wildman–Crippen LogP) is 1.25. The van der Waals surface area contributed by atoms with E-state index in [1.54, 1.807) is 0 Å². The molecule has 96 valence electrons. The van der Waals surface area contributed by atoms with Crippen LogP contribution < -0.4 is 11.2 Å². The van der Waals surface area contributed by atoms with E-state index in [9.17, 15) is 9.59 Å². The van der Waals surface area contributed by atoms with Crippen LogP contribution >= 0.6 is 11.6 Å². The van der Waals surface area contributed by atoms with Crippen molar-refractivity contribution in [1.82, 2.24) is 9.55 Å². The monoisotopic (exact) mass is 260 g/mol. The Morgan fingerprint density at radius 3 is 2.76 bits per heavy atom. The third kappa shape index (κ3) is 4.75. The van der Waals surface area contributed by atoms with Gasteiger partial charge >= 0.3 is 5.69 Å². The lowest BCUT2D eigenvalue weighted by Gasteiger charge is -2.08. The summed E-state index contributed by atoms with van der Waals surface area (Å²) in [6, 6.07) is 0. The molecule has 5 nitrogen and oxygen atoms in total. The summed E-state index contributed by atoms with van der Waals surface area (Å²) in [6.07, 6.45) is 2.32. The van der Waals surface area contributed by atoms with Gasteiger partial charge in [-0.25, -0.2) is 4.79 Å². The summed E-state index contributed by atoms with van der Waals surface area (Å²) in [6.45, 7) is 5.72. The van der Waals surface area contributed by atoms with Crippen LogP contribution in [0.25, 0.3) is 0 Å². The van der Waals surface area contributed by atoms with Crippen LogP contribution in [0.2, 0.25) is 5.02 Å². The lowest BCUT2D eigenvalue weighted by molar-refractivity contribution is 0.115. The first-order valence-corrected chi connectivity index (χ1v) is 5.95. The van der Waals surface area contributed by atoms with E-state index in [1.807, 2.05) is 0 Å². The molecule has 17 heavy (non-hydrogen) atoms. The highest BCUT2D eigenvalue weighted by Gasteiger charge is 2.02. The molecule has 0 spiro atoms. The van der Waals surface area contributed by atoms with Crippen molar-refractivity contribution in [2.24, 2.45) is 5.92 Å². The average Bonchev–Trinajstić information content (AvgIpc) is 2.24. The van der Waals surface area contributed by atoms with Gasteiger partial charge in [-0.05, 0) is 12.3 Å². The molecular formula is C11H17ClN2O3. The van der Waals surface area contributed by atoms with Gasteiger partial charge in [0.1, 0.15) is 5.02 Å². The molecule has 0 fully saturated rings. The molecule has 0 unspecified atom stereocenters. The summed E-state index contributed by atoms with van der Waals surface area (Å²) in [5.41, 5.74) is -1.03. The third-order valence-corrected chi connectivity index (χ3v) is 2.55. The quantitative estimate of drug-likeness (QED) is 0.783. The SMILES string of the molecule is CC(C)CCOCCn1cc(Cl)c(=O)[nH]c1=O. The maximum atomic E-state index is 11.4. The fraction of sp³-hybridized carbons (Fsp3) is 0.636. The predicted molar refractivity (Wildman–Crippen MR) is 66.6 cm³/mol. The van der Waals surface area contributed by atoms with Crippen LogP contribution in [0, 0.1) is 5.92 Å². The number of hydrogen-bond donors (Lipinski definition) is 1. The van der Waals surface area contributed by atoms with Crippen LogP contribution in [0.1, 0.15) is 20.3 Å². The molecule has 0 atom stereocenters. The maximum Gasteiger partial charge on any atom is 0.328 e. The van der Waals surface area contributed by atoms with E-state index in [4.69, 9.17) is 16.3 Å². The number of rotatable bonds is 6. The van der Waals surface area contributed by atoms with Crippen molar-refractivity contribution >= 4 is 11.6 Å². The van der Waals surface area contributed by atoms with E-state index < -0.39 is 11.2 Å². The Kier molecular flexibility index (Phi) is 5.44. The van der Waals surface area contributed by atoms with E-state index >= 15 is 0 Å². The highest BCUT2D eigenvalue weighted by Crippen LogP contribution is 1.99. The van der Waals surface area contributed by atoms with Crippen molar-refractivity contribution in [3.05, 3.63) is 32.1 Å². The molecule has 1 heterocycles. The van der Waals surface area contributed by atoms with Crippen molar-refractivity contribution in [2.45, 2.75) is 26.8 Å². The standard InChI is InChI=1S/C11H17ClN2O3/c1-8(2)3-5-17-6-4-14-7-9(12)10(15)13-11(14)16/h7-8H,3-6H2,1-2H3,(H,13,15,16). The number of ether oxygens (including phenoxy) is 1. The van der Waals surface area contributed by atoms with Crippen LogP contribution in [0.5, 0.6) is 0 Å². The summed E-state index contributed by atoms with van der Waals surface area (Å²) in [5.74, 6) is 0.597. The molecule has 1 aromatic rings. The highest BCUT2D eigenvalue weighted by molar-refractivity contribution is 6.30. The molecular weight excluding hydrogens is 244 g/mol. The molecule has 0 saturated heterocycles. The average molecular weight is 261 g/mol. The van der Waals surface area contributed by atoms with Gasteiger partial charge in [0, 0.05) is 12.8 Å². The van der Waals surface area contributed by atoms with Crippen LogP contribution in [-0.4, -0.2) is 22.8 Å². The van der Waals surface area contributed by atoms with Gasteiger partial charge in [-0.1, -0.05) is 25.4 Å². The van der Waals surface area contributed by atoms with Gasteiger partial charge in [-0.2, -0.15) is 0 Å². The summed E-state index contributed by atoms with van der Waals surface area (Å²) in [7, 11) is 0. The second kappa shape index (κ2) is 6.61. The number of nitrogens with one attached hydrogen (secondary N) is 1. The third-order valence-electron chi connectivity index (χ3n) is 2.28. The zero-order chi connectivity index (χ0) is 12.8. The fourth-order valence-electron chi connectivity index (χ4n) is 1.23. The van der Waals surface area contributed by atoms with Gasteiger partial charge in [-0.15, -0.1) is 0 Å². The number of H-pyrrole nitrogens is 1. The van der Waals surface area contributed by atoms with Crippen LogP contribution in [0.15, 0.2) is 15.8 Å². The minimum atomic E-state index is -0.561. The molecule has 6 heteroatoms. The lowest BCUT2D eigenvalue weighted by atomic mass is 10.1. The topological polar surface area (TPSA) is 64.1 Å². The zero-order valence-electron chi connectivity index (χ0n) is 10.0. The summed E-state index contributed by atoms with van der Waals surface area (Å²) in [5, 5.41) is 0.00628. The summed E-state index contributed by atoms with van der Waals surface area (Å²) >= 11 is 5.62. The normalized spacial score (nSPS) is 11.1. The van der Waals surface area contributed by atoms with E-state index in [0.717, 1.165) is 6.42 Å². The van der Waals surface area contributed by atoms with Crippen molar-refractivity contribution in [2.75, 3.05) is 13.2 Å². The zero-order valence-corrected chi connectivity index (χ0v) is 10.8. The van der Waals surface area contributed by atoms with Crippen molar-refractivity contribution in [1.29, 1.82) is 0 Å². The molecule has 1 aromatic heterocycles. The van der Waals surface area contributed by atoms with Gasteiger partial charge in [0.2, 0.25) is 0 Å². The number of hydrogen-bond acceptors (Lipinski definition) is 3. The van der Waals surface area contributed by atoms with Gasteiger partial charge in [0.15, 0.2) is 0 Å². The molecule has 1 rings (SSSR count). The van der Waals surface area contributed by atoms with Crippen molar-refractivity contribution in [3.63, 3.8) is 0 Å². The molecule has 0 radical (unpaired) electrons. The minimum Gasteiger partial charge on any atom is -0.380 e. The Bertz CT molecular complexity index is 465. The van der Waals surface area contributed by atoms with E-state index in [0.29, 0.717) is 25.7 Å². The van der Waals surface area contributed by atoms with Gasteiger partial charge in [-0.3, -0.25) is 14.3 Å². The van der Waals surface area contributed by atoms with Crippen molar-refractivity contribution in [3.8, 4) is 0 Å². The molecule has 0 saturated carbocycles. The first-order valence-electron chi connectivity index (χ1n) is 5.57. The number of aromatic amines is 1. The summed E-state index contributed by atoms with van der Waals surface area (Å²) < 4.78 is 6.71. The molecule has 0 aliphatic heterocycles. The Hall–Kier alpha value is -1.07. The molecule has 0 amide bonds. The second-order valence-corrected chi connectivity index (χ2v) is 4.63. The van der Waals surface area contributed by atoms with Crippen LogP contribution in [-0.2, 0) is 11.3 Å². The Balaban J connectivity index is 2.45. The largest absolute Gasteiger partial charge is 0.380 e. The number of nitrogens with zero attached hydrogens (tertiary/aromatic N) is 1. The van der Waals surface area contributed by atoms with Crippen LogP contribution in [0.3, 0.4) is 0 Å². The Morgan fingerprint density at radius 2 is 2.12 bits per heavy atom. The van der Waals surface area contributed by atoms with E-state index in [1.165, 1.54) is 10.8 Å². The Morgan fingerprint density at radius 1 is 1.41 bits per heavy atom. The molecule has 0 bridgehead atoms.